The molecule has 0 saturated carbocycles. The number of nitrogens with zero attached hydrogens (tertiary/aromatic N) is 3. The molecule has 0 aliphatic rings. The monoisotopic (exact) mass is 184 g/mol. The van der Waals surface area contributed by atoms with Crippen LogP contribution in [0.1, 0.15) is 10.5 Å². The molecule has 0 spiro atoms. The van der Waals surface area contributed by atoms with Crippen molar-refractivity contribution in [3.63, 3.8) is 0 Å². The van der Waals surface area contributed by atoms with Gasteiger partial charge < -0.3 is 15.7 Å². The Hall–Kier alpha value is -1.72. The Labute approximate surface area is 75.6 Å². The van der Waals surface area contributed by atoms with Crippen LogP contribution < -0.4 is 5.73 Å². The number of carbonyl (C=O) groups excluding carboxylic acids is 1. The molecule has 0 fully saturated rings. The number of amides is 1. The maximum atomic E-state index is 11.4. The first-order chi connectivity index (χ1) is 5.95. The first-order valence-electron chi connectivity index (χ1n) is 3.68. The van der Waals surface area contributed by atoms with Crippen molar-refractivity contribution in [2.24, 2.45) is 7.05 Å². The number of hydrogen-bond acceptors (Lipinski definition) is 4. The zero-order valence-electron chi connectivity index (χ0n) is 7.77. The molecule has 6 heteroatoms. The second kappa shape index (κ2) is 2.96. The molecule has 1 heterocycles. The van der Waals surface area contributed by atoms with E-state index in [0.717, 1.165) is 0 Å². The van der Waals surface area contributed by atoms with E-state index < -0.39 is 0 Å². The van der Waals surface area contributed by atoms with Crippen molar-refractivity contribution in [3.8, 4) is 5.75 Å². The molecule has 3 N–H and O–H groups in total. The number of rotatable bonds is 1. The lowest BCUT2D eigenvalue weighted by atomic mass is 10.3. The Kier molecular flexibility index (Phi) is 2.14. The standard InChI is InChI=1S/C7H12N4O2/c1-10(2)7(13)4-5(12)6(8)9-11(4)3/h12H,1-3H3,(H2,8,9). The van der Waals surface area contributed by atoms with Crippen molar-refractivity contribution in [2.75, 3.05) is 19.8 Å². The molecule has 72 valence electrons. The number of hydrogen-bond donors (Lipinski definition) is 2. The van der Waals surface area contributed by atoms with Crippen molar-refractivity contribution in [1.29, 1.82) is 0 Å². The second-order valence-electron chi connectivity index (χ2n) is 2.91. The van der Waals surface area contributed by atoms with Gasteiger partial charge in [-0.1, -0.05) is 0 Å². The van der Waals surface area contributed by atoms with Gasteiger partial charge in [0.05, 0.1) is 0 Å². The fourth-order valence-corrected chi connectivity index (χ4v) is 0.985. The summed E-state index contributed by atoms with van der Waals surface area (Å²) in [7, 11) is 4.72. The Morgan fingerprint density at radius 3 is 2.46 bits per heavy atom. The highest BCUT2D eigenvalue weighted by Gasteiger charge is 2.21. The molecular weight excluding hydrogens is 172 g/mol. The summed E-state index contributed by atoms with van der Waals surface area (Å²) in [5, 5.41) is 13.1. The highest BCUT2D eigenvalue weighted by atomic mass is 16.3. The van der Waals surface area contributed by atoms with Crippen LogP contribution in [0.4, 0.5) is 5.82 Å². The van der Waals surface area contributed by atoms with E-state index in [-0.39, 0.29) is 23.2 Å². The van der Waals surface area contributed by atoms with Crippen molar-refractivity contribution < 1.29 is 9.90 Å². The van der Waals surface area contributed by atoms with Gasteiger partial charge in [-0.3, -0.25) is 9.48 Å². The zero-order valence-corrected chi connectivity index (χ0v) is 7.77. The summed E-state index contributed by atoms with van der Waals surface area (Å²) >= 11 is 0. The molecule has 0 unspecified atom stereocenters. The van der Waals surface area contributed by atoms with E-state index in [2.05, 4.69) is 5.10 Å². The maximum Gasteiger partial charge on any atom is 0.275 e. The second-order valence-corrected chi connectivity index (χ2v) is 2.91. The number of aryl methyl sites for hydroxylation is 1. The summed E-state index contributed by atoms with van der Waals surface area (Å²) in [5.41, 5.74) is 5.43. The molecule has 6 nitrogen and oxygen atoms in total. The van der Waals surface area contributed by atoms with Crippen molar-refractivity contribution >= 4 is 11.7 Å². The zero-order chi connectivity index (χ0) is 10.2. The highest BCUT2D eigenvalue weighted by molar-refractivity contribution is 5.96. The lowest BCUT2D eigenvalue weighted by Gasteiger charge is -2.09. The van der Waals surface area contributed by atoms with Gasteiger partial charge in [0, 0.05) is 21.1 Å². The number of nitrogen functional groups attached to an aromatic ring is 1. The lowest BCUT2D eigenvalue weighted by Crippen LogP contribution is -2.24. The Balaban J connectivity index is 3.21. The molecular formula is C7H12N4O2. The van der Waals surface area contributed by atoms with Crippen LogP contribution in [0.15, 0.2) is 0 Å². The summed E-state index contributed by atoms with van der Waals surface area (Å²) in [6, 6.07) is 0. The Morgan fingerprint density at radius 2 is 2.15 bits per heavy atom. The van der Waals surface area contributed by atoms with Gasteiger partial charge in [0.15, 0.2) is 17.3 Å². The van der Waals surface area contributed by atoms with Gasteiger partial charge in [0.25, 0.3) is 5.91 Å². The minimum atomic E-state index is -0.329. The fourth-order valence-electron chi connectivity index (χ4n) is 0.985. The molecule has 0 aliphatic heterocycles. The average molecular weight is 184 g/mol. The molecule has 1 amide bonds. The number of nitrogens with two attached hydrogens (primary N) is 1. The van der Waals surface area contributed by atoms with Crippen LogP contribution in [0, 0.1) is 0 Å². The van der Waals surface area contributed by atoms with Crippen LogP contribution >= 0.6 is 0 Å². The van der Waals surface area contributed by atoms with Gasteiger partial charge >= 0.3 is 0 Å². The molecule has 0 aliphatic carbocycles. The number of carbonyl (C=O) groups is 1. The molecule has 1 aromatic rings. The van der Waals surface area contributed by atoms with Gasteiger partial charge in [0.2, 0.25) is 0 Å². The van der Waals surface area contributed by atoms with Crippen LogP contribution in [0.2, 0.25) is 0 Å². The first-order valence-corrected chi connectivity index (χ1v) is 3.68. The quantitative estimate of drug-likeness (QED) is 0.611. The molecule has 0 aromatic carbocycles. The molecule has 1 rings (SSSR count). The average Bonchev–Trinajstić information content (AvgIpc) is 2.26. The van der Waals surface area contributed by atoms with Gasteiger partial charge in [-0.25, -0.2) is 0 Å². The SMILES string of the molecule is CN(C)C(=O)c1c(O)c(N)nn1C. The van der Waals surface area contributed by atoms with Gasteiger partial charge in [0.1, 0.15) is 0 Å². The predicted octanol–water partition coefficient (Wildman–Crippen LogP) is -0.590. The molecule has 0 atom stereocenters. The fraction of sp³-hybridized carbons (Fsp3) is 0.429. The van der Waals surface area contributed by atoms with Crippen molar-refractivity contribution in [2.45, 2.75) is 0 Å². The molecule has 13 heavy (non-hydrogen) atoms. The smallest absolute Gasteiger partial charge is 0.275 e. The van der Waals surface area contributed by atoms with E-state index in [1.54, 1.807) is 21.1 Å². The van der Waals surface area contributed by atoms with Gasteiger partial charge in [-0.2, -0.15) is 5.10 Å². The summed E-state index contributed by atoms with van der Waals surface area (Å²) < 4.78 is 1.26. The molecule has 0 saturated heterocycles. The Morgan fingerprint density at radius 1 is 1.62 bits per heavy atom. The van der Waals surface area contributed by atoms with Crippen LogP contribution in [-0.4, -0.2) is 39.8 Å². The van der Waals surface area contributed by atoms with E-state index >= 15 is 0 Å². The van der Waals surface area contributed by atoms with Crippen LogP contribution in [0.25, 0.3) is 0 Å². The third kappa shape index (κ3) is 1.42. The summed E-state index contributed by atoms with van der Waals surface area (Å²) in [6.45, 7) is 0. The highest BCUT2D eigenvalue weighted by Crippen LogP contribution is 2.23. The first kappa shape index (κ1) is 9.37. The molecule has 1 aromatic heterocycles. The largest absolute Gasteiger partial charge is 0.503 e. The van der Waals surface area contributed by atoms with Gasteiger partial charge in [-0.05, 0) is 0 Å². The Bertz CT molecular complexity index is 343. The van der Waals surface area contributed by atoms with Gasteiger partial charge in [-0.15, -0.1) is 0 Å². The minimum Gasteiger partial charge on any atom is -0.503 e. The lowest BCUT2D eigenvalue weighted by molar-refractivity contribution is 0.0814. The third-order valence-corrected chi connectivity index (χ3v) is 1.66. The number of aromatic nitrogens is 2. The number of aromatic hydroxyl groups is 1. The topological polar surface area (TPSA) is 84.4 Å². The van der Waals surface area contributed by atoms with Crippen LogP contribution in [0.3, 0.4) is 0 Å². The number of anilines is 1. The summed E-state index contributed by atoms with van der Waals surface area (Å²) in [6.07, 6.45) is 0. The summed E-state index contributed by atoms with van der Waals surface area (Å²) in [5.74, 6) is -0.627. The maximum absolute atomic E-state index is 11.4. The van der Waals surface area contributed by atoms with E-state index in [1.165, 1.54) is 9.58 Å². The minimum absolute atomic E-state index is 0.0345. The molecule has 0 bridgehead atoms. The van der Waals surface area contributed by atoms with Crippen LogP contribution in [0.5, 0.6) is 5.75 Å². The normalized spacial score (nSPS) is 10.1. The van der Waals surface area contributed by atoms with E-state index in [4.69, 9.17) is 5.73 Å². The van der Waals surface area contributed by atoms with Crippen LogP contribution in [-0.2, 0) is 7.05 Å². The molecule has 0 radical (unpaired) electrons. The third-order valence-electron chi connectivity index (χ3n) is 1.66. The predicted molar refractivity (Wildman–Crippen MR) is 47.3 cm³/mol. The summed E-state index contributed by atoms with van der Waals surface area (Å²) in [4.78, 5) is 12.8. The van der Waals surface area contributed by atoms with E-state index in [0.29, 0.717) is 0 Å². The van der Waals surface area contributed by atoms with Crippen molar-refractivity contribution in [1.82, 2.24) is 14.7 Å². The van der Waals surface area contributed by atoms with E-state index in [1.807, 2.05) is 0 Å². The van der Waals surface area contributed by atoms with Crippen molar-refractivity contribution in [3.05, 3.63) is 5.69 Å². The van der Waals surface area contributed by atoms with E-state index in [9.17, 15) is 9.90 Å².